The highest BCUT2D eigenvalue weighted by Gasteiger charge is 2.09. The van der Waals surface area contributed by atoms with Gasteiger partial charge in [0, 0.05) is 11.6 Å². The molecule has 0 saturated carbocycles. The molecule has 0 amide bonds. The number of nitrogens with one attached hydrogen (secondary N) is 2. The van der Waals surface area contributed by atoms with E-state index in [2.05, 4.69) is 0 Å². The Bertz CT molecular complexity index is 690. The minimum Gasteiger partial charge on any atom is -0.235 e. The second-order valence-corrected chi connectivity index (χ2v) is 4.01. The molecular weight excluding hydrogens is 283 g/mol. The molecule has 2 aromatic carbocycles. The molecule has 0 radical (unpaired) electrons. The molecule has 0 bridgehead atoms. The standard InChI is InChI=1S/C12H9FN4O4/c13-12-7-10(15-17(20)21)5-6-11(12)8-1-3-9(4-2-8)14-16(18)19/h1-7,14-15H. The number of nitro groups is 2. The Balaban J connectivity index is 2.25. The van der Waals surface area contributed by atoms with Crippen molar-refractivity contribution in [2.24, 2.45) is 0 Å². The summed E-state index contributed by atoms with van der Waals surface area (Å²) in [5, 5.41) is 19.1. The quantitative estimate of drug-likeness (QED) is 0.647. The van der Waals surface area contributed by atoms with Gasteiger partial charge in [0.05, 0.1) is 0 Å². The van der Waals surface area contributed by atoms with Gasteiger partial charge in [-0.15, -0.1) is 10.9 Å². The van der Waals surface area contributed by atoms with Gasteiger partial charge in [0.15, 0.2) is 10.1 Å². The van der Waals surface area contributed by atoms with Crippen LogP contribution in [-0.4, -0.2) is 10.1 Å². The number of benzene rings is 2. The molecule has 0 aromatic heterocycles. The fourth-order valence-corrected chi connectivity index (χ4v) is 1.75. The fourth-order valence-electron chi connectivity index (χ4n) is 1.75. The van der Waals surface area contributed by atoms with Crippen LogP contribution in [0.2, 0.25) is 0 Å². The predicted molar refractivity (Wildman–Crippen MR) is 73.1 cm³/mol. The molecule has 9 heteroatoms. The summed E-state index contributed by atoms with van der Waals surface area (Å²) in [5.41, 5.74) is 4.83. The van der Waals surface area contributed by atoms with E-state index in [0.717, 1.165) is 6.07 Å². The highest BCUT2D eigenvalue weighted by Crippen LogP contribution is 2.26. The van der Waals surface area contributed by atoms with Crippen LogP contribution in [0.5, 0.6) is 0 Å². The zero-order valence-corrected chi connectivity index (χ0v) is 10.4. The predicted octanol–water partition coefficient (Wildman–Crippen LogP) is 2.70. The molecule has 0 atom stereocenters. The molecule has 0 heterocycles. The smallest absolute Gasteiger partial charge is 0.162 e. The topological polar surface area (TPSA) is 110 Å². The van der Waals surface area contributed by atoms with Gasteiger partial charge < -0.3 is 0 Å². The largest absolute Gasteiger partial charge is 0.235 e. The Morgan fingerprint density at radius 2 is 1.38 bits per heavy atom. The third kappa shape index (κ3) is 3.62. The summed E-state index contributed by atoms with van der Waals surface area (Å²) in [7, 11) is 0. The maximum Gasteiger partial charge on any atom is 0.162 e. The summed E-state index contributed by atoms with van der Waals surface area (Å²) in [4.78, 5) is 20.5. The number of hydrogen-bond donors (Lipinski definition) is 2. The van der Waals surface area contributed by atoms with Crippen LogP contribution in [0, 0.1) is 26.0 Å². The van der Waals surface area contributed by atoms with Crippen molar-refractivity contribution in [3.63, 3.8) is 0 Å². The minimum absolute atomic E-state index is 0.0212. The van der Waals surface area contributed by atoms with Gasteiger partial charge in [-0.2, -0.15) is 0 Å². The Kier molecular flexibility index (Phi) is 3.93. The van der Waals surface area contributed by atoms with Gasteiger partial charge in [-0.05, 0) is 29.8 Å². The zero-order chi connectivity index (χ0) is 15.4. The summed E-state index contributed by atoms with van der Waals surface area (Å²) in [6.07, 6.45) is 0. The van der Waals surface area contributed by atoms with Crippen LogP contribution in [0.25, 0.3) is 11.1 Å². The average Bonchev–Trinajstić information content (AvgIpc) is 2.39. The molecule has 0 spiro atoms. The van der Waals surface area contributed by atoms with Gasteiger partial charge >= 0.3 is 0 Å². The lowest BCUT2D eigenvalue weighted by atomic mass is 10.0. The first-order valence-corrected chi connectivity index (χ1v) is 5.68. The zero-order valence-electron chi connectivity index (χ0n) is 10.4. The van der Waals surface area contributed by atoms with Gasteiger partial charge in [0.25, 0.3) is 0 Å². The fraction of sp³-hybridized carbons (Fsp3) is 0. The average molecular weight is 292 g/mol. The van der Waals surface area contributed by atoms with Gasteiger partial charge in [-0.25, -0.2) is 24.6 Å². The summed E-state index contributed by atoms with van der Waals surface area (Å²) < 4.78 is 13.9. The second kappa shape index (κ2) is 5.82. The Hall–Kier alpha value is -3.23. The van der Waals surface area contributed by atoms with Crippen molar-refractivity contribution in [2.75, 3.05) is 10.9 Å². The number of hydrogen-bond acceptors (Lipinski definition) is 4. The summed E-state index contributed by atoms with van der Waals surface area (Å²) in [6, 6.07) is 9.63. The molecule has 0 aliphatic rings. The van der Waals surface area contributed by atoms with Crippen molar-refractivity contribution in [2.45, 2.75) is 0 Å². The molecule has 108 valence electrons. The normalized spacial score (nSPS) is 9.95. The van der Waals surface area contributed by atoms with Crippen LogP contribution in [0.15, 0.2) is 42.5 Å². The maximum absolute atomic E-state index is 13.9. The van der Waals surface area contributed by atoms with Crippen LogP contribution in [0.3, 0.4) is 0 Å². The molecule has 0 aliphatic heterocycles. The molecule has 8 nitrogen and oxygen atoms in total. The van der Waals surface area contributed by atoms with Crippen molar-refractivity contribution in [3.8, 4) is 11.1 Å². The Labute approximate surface area is 117 Å². The van der Waals surface area contributed by atoms with E-state index >= 15 is 0 Å². The van der Waals surface area contributed by atoms with Gasteiger partial charge in [0.2, 0.25) is 0 Å². The molecule has 21 heavy (non-hydrogen) atoms. The highest BCUT2D eigenvalue weighted by atomic mass is 19.1. The van der Waals surface area contributed by atoms with E-state index in [0.29, 0.717) is 5.56 Å². The number of rotatable bonds is 5. The first kappa shape index (κ1) is 14.2. The summed E-state index contributed by atoms with van der Waals surface area (Å²) in [5.74, 6) is -0.642. The van der Waals surface area contributed by atoms with Crippen molar-refractivity contribution >= 4 is 11.4 Å². The van der Waals surface area contributed by atoms with Gasteiger partial charge in [0.1, 0.15) is 17.2 Å². The SMILES string of the molecule is O=[N+]([O-])Nc1ccc(-c2ccc(N[N+](=O)[O-])cc2F)cc1. The van der Waals surface area contributed by atoms with Crippen molar-refractivity contribution in [1.29, 1.82) is 0 Å². The lowest BCUT2D eigenvalue weighted by Gasteiger charge is -2.06. The van der Waals surface area contributed by atoms with Crippen molar-refractivity contribution in [3.05, 3.63) is 68.5 Å². The van der Waals surface area contributed by atoms with Crippen LogP contribution >= 0.6 is 0 Å². The van der Waals surface area contributed by atoms with E-state index in [4.69, 9.17) is 0 Å². The van der Waals surface area contributed by atoms with Crippen LogP contribution in [-0.2, 0) is 0 Å². The van der Waals surface area contributed by atoms with Crippen LogP contribution in [0.4, 0.5) is 15.8 Å². The molecule has 0 fully saturated rings. The first-order valence-electron chi connectivity index (χ1n) is 5.68. The summed E-state index contributed by atoms with van der Waals surface area (Å²) in [6.45, 7) is 0. The number of hydrazine groups is 2. The monoisotopic (exact) mass is 292 g/mol. The van der Waals surface area contributed by atoms with Crippen molar-refractivity contribution < 1.29 is 14.5 Å². The molecule has 2 aromatic rings. The number of anilines is 2. The number of halogens is 1. The van der Waals surface area contributed by atoms with Crippen LogP contribution in [0.1, 0.15) is 0 Å². The third-order valence-corrected chi connectivity index (χ3v) is 2.61. The van der Waals surface area contributed by atoms with E-state index < -0.39 is 15.9 Å². The lowest BCUT2D eigenvalue weighted by molar-refractivity contribution is -0.445. The molecule has 2 N–H and O–H groups in total. The molecule has 2 rings (SSSR count). The maximum atomic E-state index is 13.9. The van der Waals surface area contributed by atoms with E-state index in [1.807, 2.05) is 10.9 Å². The molecule has 0 saturated heterocycles. The van der Waals surface area contributed by atoms with Crippen molar-refractivity contribution in [1.82, 2.24) is 0 Å². The number of nitrogens with zero attached hydrogens (tertiary/aromatic N) is 2. The molecule has 0 aliphatic carbocycles. The highest BCUT2D eigenvalue weighted by molar-refractivity contribution is 5.68. The second-order valence-electron chi connectivity index (χ2n) is 4.01. The van der Waals surface area contributed by atoms with Gasteiger partial charge in [-0.3, -0.25) is 0 Å². The van der Waals surface area contributed by atoms with E-state index in [1.54, 1.807) is 0 Å². The van der Waals surface area contributed by atoms with E-state index in [1.165, 1.54) is 36.4 Å². The van der Waals surface area contributed by atoms with Gasteiger partial charge in [-0.1, -0.05) is 12.1 Å². The van der Waals surface area contributed by atoms with Crippen LogP contribution < -0.4 is 10.9 Å². The molecule has 0 unspecified atom stereocenters. The van der Waals surface area contributed by atoms with E-state index in [9.17, 15) is 24.6 Å². The lowest BCUT2D eigenvalue weighted by Crippen LogP contribution is -2.08. The minimum atomic E-state index is -0.785. The first-order chi connectivity index (χ1) is 9.95. The Morgan fingerprint density at radius 3 is 1.90 bits per heavy atom. The Morgan fingerprint density at radius 1 is 0.857 bits per heavy atom. The third-order valence-electron chi connectivity index (χ3n) is 2.61. The van der Waals surface area contributed by atoms with E-state index in [-0.39, 0.29) is 16.9 Å². The molecular formula is C12H9FN4O4. The summed E-state index contributed by atoms with van der Waals surface area (Å²) >= 11 is 0.